The maximum atomic E-state index is 6.58. The van der Waals surface area contributed by atoms with E-state index in [1.807, 2.05) is 25.4 Å². The van der Waals surface area contributed by atoms with Crippen LogP contribution < -0.4 is 15.4 Å². The van der Waals surface area contributed by atoms with Gasteiger partial charge in [-0.1, -0.05) is 18.0 Å². The Morgan fingerprint density at radius 3 is 2.70 bits per heavy atom. The molecule has 2 N–H and O–H groups in total. The third-order valence-electron chi connectivity index (χ3n) is 7.05. The molecule has 158 valence electrons. The number of halogens is 1. The molecule has 1 spiro atoms. The minimum Gasteiger partial charge on any atom is -0.480 e. The van der Waals surface area contributed by atoms with Gasteiger partial charge in [0.05, 0.1) is 12.8 Å². The Balaban J connectivity index is 1.54. The molecular weight excluding hydrogens is 400 g/mol. The van der Waals surface area contributed by atoms with E-state index in [4.69, 9.17) is 27.1 Å². The molecule has 1 saturated heterocycles. The van der Waals surface area contributed by atoms with E-state index in [0.29, 0.717) is 22.4 Å². The molecule has 30 heavy (non-hydrogen) atoms. The van der Waals surface area contributed by atoms with Gasteiger partial charge in [-0.15, -0.1) is 0 Å². The highest BCUT2D eigenvalue weighted by atomic mass is 35.5. The standard InChI is InChI=1S/C22H27ClN6O/c1-14-17(15-5-9-26-20(30-2)18(15)23)19-25-10-13-29(19)21(27-14)28-11-7-22(8-12-28)6-3-4-16(22)24/h5,9-10,13,16H,3-4,6-8,11-12,24H2,1-2H3. The molecule has 1 aliphatic heterocycles. The molecule has 1 atom stereocenters. The van der Waals surface area contributed by atoms with Crippen LogP contribution in [0.1, 0.15) is 37.8 Å². The van der Waals surface area contributed by atoms with Crippen LogP contribution in [-0.2, 0) is 0 Å². The first kappa shape index (κ1) is 19.6. The van der Waals surface area contributed by atoms with Gasteiger partial charge < -0.3 is 15.4 Å². The van der Waals surface area contributed by atoms with Crippen molar-refractivity contribution in [2.75, 3.05) is 25.1 Å². The Labute approximate surface area is 181 Å². The Morgan fingerprint density at radius 1 is 1.20 bits per heavy atom. The van der Waals surface area contributed by atoms with Crippen LogP contribution in [0.3, 0.4) is 0 Å². The molecule has 4 heterocycles. The van der Waals surface area contributed by atoms with Crippen LogP contribution in [0.2, 0.25) is 5.02 Å². The van der Waals surface area contributed by atoms with Gasteiger partial charge in [-0.3, -0.25) is 4.40 Å². The van der Waals surface area contributed by atoms with Crippen molar-refractivity contribution in [2.24, 2.45) is 11.1 Å². The van der Waals surface area contributed by atoms with E-state index in [9.17, 15) is 0 Å². The van der Waals surface area contributed by atoms with Crippen molar-refractivity contribution in [3.63, 3.8) is 0 Å². The first-order valence-corrected chi connectivity index (χ1v) is 10.9. The van der Waals surface area contributed by atoms with Crippen LogP contribution >= 0.6 is 11.6 Å². The first-order valence-electron chi connectivity index (χ1n) is 10.6. The normalized spacial score (nSPS) is 20.9. The summed E-state index contributed by atoms with van der Waals surface area (Å²) in [4.78, 5) is 16.2. The molecule has 0 bridgehead atoms. The number of nitrogens with zero attached hydrogens (tertiary/aromatic N) is 5. The second-order valence-electron chi connectivity index (χ2n) is 8.52. The van der Waals surface area contributed by atoms with Crippen molar-refractivity contribution in [1.29, 1.82) is 0 Å². The monoisotopic (exact) mass is 426 g/mol. The van der Waals surface area contributed by atoms with Gasteiger partial charge >= 0.3 is 0 Å². The molecule has 3 aromatic heterocycles. The largest absolute Gasteiger partial charge is 0.480 e. The van der Waals surface area contributed by atoms with Crippen molar-refractivity contribution in [2.45, 2.75) is 45.1 Å². The van der Waals surface area contributed by atoms with Crippen LogP contribution in [0.5, 0.6) is 5.88 Å². The number of nitrogens with two attached hydrogens (primary N) is 1. The first-order chi connectivity index (χ1) is 14.5. The summed E-state index contributed by atoms with van der Waals surface area (Å²) in [6.45, 7) is 3.95. The van der Waals surface area contributed by atoms with E-state index in [1.165, 1.54) is 12.8 Å². The Kier molecular flexibility index (Phi) is 4.82. The predicted octanol–water partition coefficient (Wildman–Crippen LogP) is 3.86. The van der Waals surface area contributed by atoms with Gasteiger partial charge in [0.25, 0.3) is 0 Å². The quantitative estimate of drug-likeness (QED) is 0.684. The maximum absolute atomic E-state index is 6.58. The summed E-state index contributed by atoms with van der Waals surface area (Å²) in [7, 11) is 1.57. The lowest BCUT2D eigenvalue weighted by molar-refractivity contribution is 0.197. The summed E-state index contributed by atoms with van der Waals surface area (Å²) in [6.07, 6.45) is 11.4. The molecule has 0 radical (unpaired) electrons. The molecular formula is C22H27ClN6O. The van der Waals surface area contributed by atoms with E-state index in [1.54, 1.807) is 13.3 Å². The molecule has 5 rings (SSSR count). The number of fused-ring (bicyclic) bond motifs is 1. The van der Waals surface area contributed by atoms with Crippen LogP contribution in [0.15, 0.2) is 24.7 Å². The third-order valence-corrected chi connectivity index (χ3v) is 7.41. The van der Waals surface area contributed by atoms with Crippen LogP contribution in [-0.4, -0.2) is 45.6 Å². The zero-order valence-corrected chi connectivity index (χ0v) is 18.2. The van der Waals surface area contributed by atoms with Gasteiger partial charge in [0, 0.05) is 48.8 Å². The lowest BCUT2D eigenvalue weighted by Crippen LogP contribution is -2.47. The van der Waals surface area contributed by atoms with E-state index in [2.05, 4.69) is 19.3 Å². The third kappa shape index (κ3) is 2.94. The smallest absolute Gasteiger partial charge is 0.232 e. The number of aromatic nitrogens is 4. The second kappa shape index (κ2) is 7.39. The number of imidazole rings is 1. The summed E-state index contributed by atoms with van der Waals surface area (Å²) in [5, 5.41) is 0.470. The van der Waals surface area contributed by atoms with Gasteiger partial charge in [0.1, 0.15) is 10.7 Å². The molecule has 1 saturated carbocycles. The summed E-state index contributed by atoms with van der Waals surface area (Å²) in [5.74, 6) is 1.33. The fourth-order valence-corrected chi connectivity index (χ4v) is 5.59. The number of anilines is 1. The van der Waals surface area contributed by atoms with E-state index >= 15 is 0 Å². The predicted molar refractivity (Wildman–Crippen MR) is 118 cm³/mol. The Morgan fingerprint density at radius 2 is 2.00 bits per heavy atom. The minimum absolute atomic E-state index is 0.320. The number of piperidine rings is 1. The van der Waals surface area contributed by atoms with Crippen LogP contribution in [0.4, 0.5) is 5.95 Å². The molecule has 1 unspecified atom stereocenters. The number of aryl methyl sites for hydroxylation is 1. The maximum Gasteiger partial charge on any atom is 0.232 e. The van der Waals surface area contributed by atoms with Crippen molar-refractivity contribution in [3.8, 4) is 17.0 Å². The zero-order valence-electron chi connectivity index (χ0n) is 17.4. The fraction of sp³-hybridized carbons (Fsp3) is 0.500. The van der Waals surface area contributed by atoms with Crippen molar-refractivity contribution < 1.29 is 4.74 Å². The highest BCUT2D eigenvalue weighted by Gasteiger charge is 2.43. The van der Waals surface area contributed by atoms with Gasteiger partial charge in [0.2, 0.25) is 11.8 Å². The summed E-state index contributed by atoms with van der Waals surface area (Å²) in [6, 6.07) is 2.23. The number of hydrogen-bond donors (Lipinski definition) is 1. The summed E-state index contributed by atoms with van der Waals surface area (Å²) < 4.78 is 7.37. The van der Waals surface area contributed by atoms with Crippen molar-refractivity contribution in [3.05, 3.63) is 35.4 Å². The Bertz CT molecular complexity index is 1090. The number of ether oxygens (including phenoxy) is 1. The molecule has 8 heteroatoms. The average molecular weight is 427 g/mol. The molecule has 7 nitrogen and oxygen atoms in total. The molecule has 1 aliphatic carbocycles. The number of hydrogen-bond acceptors (Lipinski definition) is 6. The van der Waals surface area contributed by atoms with E-state index in [0.717, 1.165) is 60.8 Å². The topological polar surface area (TPSA) is 81.6 Å². The van der Waals surface area contributed by atoms with Crippen LogP contribution in [0, 0.1) is 12.3 Å². The Hall–Kier alpha value is -2.38. The molecule has 3 aromatic rings. The highest BCUT2D eigenvalue weighted by Crippen LogP contribution is 2.46. The second-order valence-corrected chi connectivity index (χ2v) is 8.90. The molecule has 0 amide bonds. The summed E-state index contributed by atoms with van der Waals surface area (Å²) >= 11 is 6.58. The molecule has 2 aliphatic rings. The van der Waals surface area contributed by atoms with E-state index < -0.39 is 0 Å². The lowest BCUT2D eigenvalue weighted by Gasteiger charge is -2.42. The average Bonchev–Trinajstić information content (AvgIpc) is 3.37. The van der Waals surface area contributed by atoms with Gasteiger partial charge in [-0.2, -0.15) is 0 Å². The van der Waals surface area contributed by atoms with Gasteiger partial charge in [-0.05, 0) is 44.1 Å². The van der Waals surface area contributed by atoms with Gasteiger partial charge in [0.15, 0.2) is 0 Å². The number of methoxy groups -OCH3 is 1. The molecule has 2 fully saturated rings. The number of pyridine rings is 1. The van der Waals surface area contributed by atoms with Crippen LogP contribution in [0.25, 0.3) is 16.8 Å². The number of rotatable bonds is 3. The van der Waals surface area contributed by atoms with Crippen molar-refractivity contribution >= 4 is 23.2 Å². The highest BCUT2D eigenvalue weighted by molar-refractivity contribution is 6.34. The van der Waals surface area contributed by atoms with Gasteiger partial charge in [-0.25, -0.2) is 15.0 Å². The van der Waals surface area contributed by atoms with E-state index in [-0.39, 0.29) is 0 Å². The lowest BCUT2D eigenvalue weighted by atomic mass is 9.74. The minimum atomic E-state index is 0.320. The SMILES string of the molecule is COc1nccc(-c2c(C)nc(N3CCC4(CCCC4N)CC3)n3ccnc23)c1Cl. The fourth-order valence-electron chi connectivity index (χ4n) is 5.31. The van der Waals surface area contributed by atoms with Crippen molar-refractivity contribution in [1.82, 2.24) is 19.4 Å². The molecule has 0 aromatic carbocycles. The summed E-state index contributed by atoms with van der Waals surface area (Å²) in [5.41, 5.74) is 10.2. The zero-order chi connectivity index (χ0) is 20.9.